The Morgan fingerprint density at radius 1 is 1.30 bits per heavy atom. The Morgan fingerprint density at radius 3 is 2.35 bits per heavy atom. The van der Waals surface area contributed by atoms with E-state index in [4.69, 9.17) is 16.7 Å². The molecule has 1 aliphatic rings. The highest BCUT2D eigenvalue weighted by atomic mass is 35.5. The van der Waals surface area contributed by atoms with Crippen LogP contribution in [0.15, 0.2) is 30.3 Å². The zero-order valence-electron chi connectivity index (χ0n) is 13.0. The van der Waals surface area contributed by atoms with Crippen LogP contribution >= 0.6 is 11.6 Å². The van der Waals surface area contributed by atoms with E-state index in [1.807, 2.05) is 18.2 Å². The highest BCUT2D eigenvalue weighted by Gasteiger charge is 2.37. The van der Waals surface area contributed by atoms with E-state index in [9.17, 15) is 14.7 Å². The number of carboxylic acid groups (broad SMARTS) is 1. The van der Waals surface area contributed by atoms with E-state index in [-0.39, 0.29) is 38.4 Å². The zero-order chi connectivity index (χ0) is 17.0. The molecule has 2 rings (SSSR count). The summed E-state index contributed by atoms with van der Waals surface area (Å²) in [7, 11) is 0. The molecule has 0 spiro atoms. The van der Waals surface area contributed by atoms with Gasteiger partial charge >= 0.3 is 6.09 Å². The number of hydrogen-bond acceptors (Lipinski definition) is 3. The Bertz CT molecular complexity index is 556. The molecule has 23 heavy (non-hydrogen) atoms. The average molecular weight is 341 g/mol. The number of anilines is 1. The quantitative estimate of drug-likeness (QED) is 0.823. The minimum atomic E-state index is -1.12. The van der Waals surface area contributed by atoms with E-state index in [1.165, 1.54) is 9.80 Å². The molecule has 0 aliphatic carbocycles. The lowest BCUT2D eigenvalue weighted by Gasteiger charge is -2.40. The molecule has 1 unspecified atom stereocenters. The van der Waals surface area contributed by atoms with Crippen LogP contribution in [0.4, 0.5) is 10.5 Å². The molecule has 1 saturated heterocycles. The maximum atomic E-state index is 12.4. The number of aliphatic hydroxyl groups is 1. The third-order valence-electron chi connectivity index (χ3n) is 4.09. The Hall–Kier alpha value is -1.79. The van der Waals surface area contributed by atoms with Crippen LogP contribution in [0.3, 0.4) is 0 Å². The number of alkyl halides is 1. The van der Waals surface area contributed by atoms with Crippen molar-refractivity contribution in [3.8, 4) is 0 Å². The lowest BCUT2D eigenvalue weighted by atomic mass is 9.90. The van der Waals surface area contributed by atoms with Crippen LogP contribution in [0.1, 0.15) is 19.8 Å². The summed E-state index contributed by atoms with van der Waals surface area (Å²) < 4.78 is 0. The molecule has 0 saturated carbocycles. The molecule has 2 N–H and O–H groups in total. The van der Waals surface area contributed by atoms with E-state index in [0.29, 0.717) is 5.69 Å². The summed E-state index contributed by atoms with van der Waals surface area (Å²) in [6.45, 7) is 2.19. The van der Waals surface area contributed by atoms with Gasteiger partial charge in [0, 0.05) is 18.8 Å². The molecular weight excluding hydrogens is 320 g/mol. The van der Waals surface area contributed by atoms with Gasteiger partial charge in [0.25, 0.3) is 0 Å². The molecule has 0 bridgehead atoms. The molecule has 6 nitrogen and oxygen atoms in total. The Labute approximate surface area is 140 Å². The molecule has 1 heterocycles. The van der Waals surface area contributed by atoms with Crippen molar-refractivity contribution in [1.82, 2.24) is 4.90 Å². The van der Waals surface area contributed by atoms with Crippen molar-refractivity contribution in [3.05, 3.63) is 30.3 Å². The van der Waals surface area contributed by atoms with Gasteiger partial charge in [-0.15, -0.1) is 11.6 Å². The van der Waals surface area contributed by atoms with E-state index in [2.05, 4.69) is 0 Å². The van der Waals surface area contributed by atoms with Gasteiger partial charge in [0.1, 0.15) is 5.38 Å². The van der Waals surface area contributed by atoms with Crippen molar-refractivity contribution in [2.75, 3.05) is 24.5 Å². The van der Waals surface area contributed by atoms with Gasteiger partial charge in [-0.25, -0.2) is 4.79 Å². The van der Waals surface area contributed by atoms with Gasteiger partial charge in [-0.1, -0.05) is 18.2 Å². The standard InChI is InChI=1S/C16H21ClN2O4/c1-12(17)14(20)19(13-5-3-2-4-6-13)11-16(23)7-9-18(10-8-16)15(21)22/h2-6,12,23H,7-11H2,1H3,(H,21,22). The fourth-order valence-electron chi connectivity index (χ4n) is 2.69. The van der Waals surface area contributed by atoms with Gasteiger partial charge < -0.3 is 20.0 Å². The molecule has 126 valence electrons. The lowest BCUT2D eigenvalue weighted by molar-refractivity contribution is -0.119. The Kier molecular flexibility index (Phi) is 5.49. The average Bonchev–Trinajstić information content (AvgIpc) is 2.53. The van der Waals surface area contributed by atoms with Crippen LogP contribution in [-0.2, 0) is 4.79 Å². The zero-order valence-corrected chi connectivity index (χ0v) is 13.7. The molecule has 1 aromatic carbocycles. The summed E-state index contributed by atoms with van der Waals surface area (Å²) >= 11 is 5.94. The molecule has 0 radical (unpaired) electrons. The first kappa shape index (κ1) is 17.6. The van der Waals surface area contributed by atoms with Gasteiger partial charge in [-0.3, -0.25) is 4.79 Å². The van der Waals surface area contributed by atoms with E-state index in [0.717, 1.165) is 0 Å². The fourth-order valence-corrected chi connectivity index (χ4v) is 2.80. The van der Waals surface area contributed by atoms with Crippen LogP contribution in [0, 0.1) is 0 Å². The molecule has 1 aliphatic heterocycles. The van der Waals surface area contributed by atoms with E-state index < -0.39 is 17.1 Å². The number of carbonyl (C=O) groups is 2. The summed E-state index contributed by atoms with van der Waals surface area (Å²) in [6, 6.07) is 9.04. The first-order chi connectivity index (χ1) is 10.8. The first-order valence-electron chi connectivity index (χ1n) is 7.53. The maximum Gasteiger partial charge on any atom is 0.407 e. The molecule has 0 aromatic heterocycles. The van der Waals surface area contributed by atoms with Crippen LogP contribution in [0.5, 0.6) is 0 Å². The summed E-state index contributed by atoms with van der Waals surface area (Å²) in [5.74, 6) is -0.285. The van der Waals surface area contributed by atoms with E-state index in [1.54, 1.807) is 19.1 Å². The second-order valence-electron chi connectivity index (χ2n) is 5.87. The summed E-state index contributed by atoms with van der Waals surface area (Å²) in [4.78, 5) is 26.1. The summed E-state index contributed by atoms with van der Waals surface area (Å²) in [5.41, 5.74) is -0.456. The molecule has 1 aromatic rings. The van der Waals surface area contributed by atoms with Crippen molar-refractivity contribution < 1.29 is 19.8 Å². The fraction of sp³-hybridized carbons (Fsp3) is 0.500. The minimum Gasteiger partial charge on any atom is -0.465 e. The smallest absolute Gasteiger partial charge is 0.407 e. The molecule has 1 atom stereocenters. The second kappa shape index (κ2) is 7.19. The number of para-hydroxylation sites is 1. The first-order valence-corrected chi connectivity index (χ1v) is 7.97. The van der Waals surface area contributed by atoms with Crippen molar-refractivity contribution in [2.24, 2.45) is 0 Å². The number of rotatable bonds is 4. The molecule has 2 amide bonds. The van der Waals surface area contributed by atoms with Crippen molar-refractivity contribution in [1.29, 1.82) is 0 Å². The third kappa shape index (κ3) is 4.36. The number of piperidine rings is 1. The van der Waals surface area contributed by atoms with Gasteiger partial charge in [0.05, 0.1) is 12.1 Å². The predicted molar refractivity (Wildman–Crippen MR) is 87.9 cm³/mol. The number of likely N-dealkylation sites (tertiary alicyclic amines) is 1. The van der Waals surface area contributed by atoms with Crippen LogP contribution in [0.2, 0.25) is 0 Å². The van der Waals surface area contributed by atoms with Crippen LogP contribution < -0.4 is 4.90 Å². The van der Waals surface area contributed by atoms with Crippen molar-refractivity contribution in [3.63, 3.8) is 0 Å². The molecular formula is C16H21ClN2O4. The molecule has 1 fully saturated rings. The number of hydrogen-bond donors (Lipinski definition) is 2. The van der Waals surface area contributed by atoms with Gasteiger partial charge in [-0.2, -0.15) is 0 Å². The SMILES string of the molecule is CC(Cl)C(=O)N(CC1(O)CCN(C(=O)O)CC1)c1ccccc1. The van der Waals surface area contributed by atoms with Gasteiger partial charge in [-0.05, 0) is 31.9 Å². The topological polar surface area (TPSA) is 81.1 Å². The van der Waals surface area contributed by atoms with Gasteiger partial charge in [0.2, 0.25) is 5.91 Å². The Morgan fingerprint density at radius 2 is 1.87 bits per heavy atom. The normalized spacial score (nSPS) is 18.3. The van der Waals surface area contributed by atoms with Crippen LogP contribution in [0.25, 0.3) is 0 Å². The van der Waals surface area contributed by atoms with Crippen molar-refractivity contribution in [2.45, 2.75) is 30.7 Å². The monoisotopic (exact) mass is 340 g/mol. The second-order valence-corrected chi connectivity index (χ2v) is 6.52. The lowest BCUT2D eigenvalue weighted by Crippen LogP contribution is -2.54. The molecule has 7 heteroatoms. The Balaban J connectivity index is 2.15. The maximum absolute atomic E-state index is 12.4. The highest BCUT2D eigenvalue weighted by molar-refractivity contribution is 6.32. The number of nitrogens with zero attached hydrogens (tertiary/aromatic N) is 2. The third-order valence-corrected chi connectivity index (χ3v) is 4.28. The minimum absolute atomic E-state index is 0.0976. The van der Waals surface area contributed by atoms with Crippen LogP contribution in [-0.4, -0.2) is 57.7 Å². The van der Waals surface area contributed by atoms with Gasteiger partial charge in [0.15, 0.2) is 0 Å². The number of amides is 2. The summed E-state index contributed by atoms with van der Waals surface area (Å²) in [5, 5.41) is 19.1. The highest BCUT2D eigenvalue weighted by Crippen LogP contribution is 2.27. The largest absolute Gasteiger partial charge is 0.465 e. The predicted octanol–water partition coefficient (Wildman–Crippen LogP) is 2.15. The number of carbonyl (C=O) groups excluding carboxylic acids is 1. The summed E-state index contributed by atoms with van der Waals surface area (Å²) in [6.07, 6.45) is -0.420. The number of halogens is 1. The number of benzene rings is 1. The van der Waals surface area contributed by atoms with E-state index >= 15 is 0 Å². The van der Waals surface area contributed by atoms with Crippen molar-refractivity contribution >= 4 is 29.3 Å².